The number of rotatable bonds is 8. The number of sulfonamides is 1. The SMILES string of the molecule is CN=C(NCc1cccc(S(=O)(=O)NCCOC)c1)NC1CCOc2ccccc21. The van der Waals surface area contributed by atoms with Crippen molar-refractivity contribution in [2.75, 3.05) is 33.9 Å². The lowest BCUT2D eigenvalue weighted by atomic mass is 10.0. The zero-order valence-corrected chi connectivity index (χ0v) is 18.0. The second-order valence-electron chi connectivity index (χ2n) is 6.84. The summed E-state index contributed by atoms with van der Waals surface area (Å²) in [6, 6.07) is 14.9. The Morgan fingerprint density at radius 2 is 2.07 bits per heavy atom. The van der Waals surface area contributed by atoms with Crippen LogP contribution in [0.4, 0.5) is 0 Å². The summed E-state index contributed by atoms with van der Waals surface area (Å²) in [6.45, 7) is 1.62. The number of nitrogens with zero attached hydrogens (tertiary/aromatic N) is 1. The first kappa shape index (κ1) is 22.1. The third-order valence-corrected chi connectivity index (χ3v) is 6.22. The maximum absolute atomic E-state index is 12.4. The van der Waals surface area contributed by atoms with E-state index in [2.05, 4.69) is 20.3 Å². The lowest BCUT2D eigenvalue weighted by Gasteiger charge is -2.28. The molecule has 0 amide bonds. The molecule has 0 fully saturated rings. The number of para-hydroxylation sites is 1. The van der Waals surface area contributed by atoms with Crippen LogP contribution in [0.3, 0.4) is 0 Å². The molecule has 2 aromatic carbocycles. The van der Waals surface area contributed by atoms with E-state index < -0.39 is 10.0 Å². The summed E-state index contributed by atoms with van der Waals surface area (Å²) in [5, 5.41) is 6.68. The summed E-state index contributed by atoms with van der Waals surface area (Å²) < 4.78 is 37.9. The zero-order chi connectivity index (χ0) is 21.4. The fraction of sp³-hybridized carbons (Fsp3) is 0.381. The van der Waals surface area contributed by atoms with E-state index in [0.29, 0.717) is 25.7 Å². The fourth-order valence-electron chi connectivity index (χ4n) is 3.22. The summed E-state index contributed by atoms with van der Waals surface area (Å²) in [5.41, 5.74) is 1.93. The molecule has 30 heavy (non-hydrogen) atoms. The van der Waals surface area contributed by atoms with Crippen LogP contribution >= 0.6 is 0 Å². The third kappa shape index (κ3) is 5.71. The molecule has 0 aromatic heterocycles. The summed E-state index contributed by atoms with van der Waals surface area (Å²) >= 11 is 0. The van der Waals surface area contributed by atoms with Crippen molar-refractivity contribution in [1.29, 1.82) is 0 Å². The predicted octanol–water partition coefficient (Wildman–Crippen LogP) is 1.80. The first-order valence-electron chi connectivity index (χ1n) is 9.80. The van der Waals surface area contributed by atoms with Crippen molar-refractivity contribution in [1.82, 2.24) is 15.4 Å². The molecule has 162 valence electrons. The number of hydrogen-bond acceptors (Lipinski definition) is 5. The molecule has 1 heterocycles. The van der Waals surface area contributed by atoms with Crippen molar-refractivity contribution < 1.29 is 17.9 Å². The standard InChI is InChI=1S/C21H28N4O4S/c1-22-21(25-19-10-12-29-20-9-4-3-8-18(19)20)23-15-16-6-5-7-17(14-16)30(26,27)24-11-13-28-2/h3-9,14,19,24H,10-13,15H2,1-2H3,(H2,22,23,25). The summed E-state index contributed by atoms with van der Waals surface area (Å²) in [7, 11) is -0.335. The molecule has 9 heteroatoms. The van der Waals surface area contributed by atoms with Gasteiger partial charge in [0.15, 0.2) is 5.96 Å². The molecular weight excluding hydrogens is 404 g/mol. The number of benzene rings is 2. The fourth-order valence-corrected chi connectivity index (χ4v) is 4.30. The van der Waals surface area contributed by atoms with Crippen LogP contribution in [0.1, 0.15) is 23.6 Å². The first-order chi connectivity index (χ1) is 14.5. The number of nitrogens with one attached hydrogen (secondary N) is 3. The van der Waals surface area contributed by atoms with E-state index in [0.717, 1.165) is 23.3 Å². The monoisotopic (exact) mass is 432 g/mol. The van der Waals surface area contributed by atoms with E-state index >= 15 is 0 Å². The Labute approximate surface area is 177 Å². The number of fused-ring (bicyclic) bond motifs is 1. The second kappa shape index (κ2) is 10.4. The van der Waals surface area contributed by atoms with Gasteiger partial charge in [-0.2, -0.15) is 0 Å². The zero-order valence-electron chi connectivity index (χ0n) is 17.2. The van der Waals surface area contributed by atoms with Crippen molar-refractivity contribution in [3.05, 3.63) is 59.7 Å². The van der Waals surface area contributed by atoms with Crippen LogP contribution in [0, 0.1) is 0 Å². The van der Waals surface area contributed by atoms with Gasteiger partial charge in [0.25, 0.3) is 0 Å². The van der Waals surface area contributed by atoms with E-state index in [1.54, 1.807) is 25.2 Å². The highest BCUT2D eigenvalue weighted by Crippen LogP contribution is 2.31. The normalized spacial score (nSPS) is 16.5. The van der Waals surface area contributed by atoms with Gasteiger partial charge in [-0.1, -0.05) is 30.3 Å². The van der Waals surface area contributed by atoms with Gasteiger partial charge >= 0.3 is 0 Å². The van der Waals surface area contributed by atoms with Crippen molar-refractivity contribution in [2.24, 2.45) is 4.99 Å². The van der Waals surface area contributed by atoms with E-state index in [-0.39, 0.29) is 17.5 Å². The lowest BCUT2D eigenvalue weighted by Crippen LogP contribution is -2.40. The largest absolute Gasteiger partial charge is 0.493 e. The molecule has 3 N–H and O–H groups in total. The van der Waals surface area contributed by atoms with E-state index in [1.165, 1.54) is 7.11 Å². The van der Waals surface area contributed by atoms with Crippen LogP contribution in [0.5, 0.6) is 5.75 Å². The Morgan fingerprint density at radius 3 is 2.87 bits per heavy atom. The van der Waals surface area contributed by atoms with Gasteiger partial charge in [0.05, 0.1) is 24.2 Å². The predicted molar refractivity (Wildman–Crippen MR) is 116 cm³/mol. The Morgan fingerprint density at radius 1 is 1.23 bits per heavy atom. The highest BCUT2D eigenvalue weighted by Gasteiger charge is 2.21. The van der Waals surface area contributed by atoms with Gasteiger partial charge in [-0.3, -0.25) is 4.99 Å². The highest BCUT2D eigenvalue weighted by molar-refractivity contribution is 7.89. The molecule has 1 aliphatic rings. The highest BCUT2D eigenvalue weighted by atomic mass is 32.2. The summed E-state index contributed by atoms with van der Waals surface area (Å²) in [5.74, 6) is 1.53. The van der Waals surface area contributed by atoms with Gasteiger partial charge in [0.1, 0.15) is 5.75 Å². The van der Waals surface area contributed by atoms with Crippen LogP contribution in [0.2, 0.25) is 0 Å². The Hall–Kier alpha value is -2.62. The number of ether oxygens (including phenoxy) is 2. The molecule has 1 atom stereocenters. The minimum Gasteiger partial charge on any atom is -0.493 e. The number of methoxy groups -OCH3 is 1. The number of hydrogen-bond donors (Lipinski definition) is 3. The van der Waals surface area contributed by atoms with Gasteiger partial charge in [0, 0.05) is 39.2 Å². The van der Waals surface area contributed by atoms with Crippen LogP contribution in [0.15, 0.2) is 58.4 Å². The molecule has 8 nitrogen and oxygen atoms in total. The Balaban J connectivity index is 1.62. The van der Waals surface area contributed by atoms with Crippen LogP contribution < -0.4 is 20.1 Å². The molecule has 0 aliphatic carbocycles. The smallest absolute Gasteiger partial charge is 0.240 e. The molecule has 3 rings (SSSR count). The van der Waals surface area contributed by atoms with Crippen molar-refractivity contribution in [3.8, 4) is 5.75 Å². The minimum absolute atomic E-state index is 0.0952. The minimum atomic E-state index is -3.57. The summed E-state index contributed by atoms with van der Waals surface area (Å²) in [4.78, 5) is 4.52. The topological polar surface area (TPSA) is 101 Å². The average molecular weight is 433 g/mol. The van der Waals surface area contributed by atoms with Gasteiger partial charge in [-0.15, -0.1) is 0 Å². The molecule has 1 aliphatic heterocycles. The molecule has 0 saturated carbocycles. The molecule has 2 aromatic rings. The molecule has 0 bridgehead atoms. The molecule has 0 spiro atoms. The molecular formula is C21H28N4O4S. The first-order valence-corrected chi connectivity index (χ1v) is 11.3. The van der Waals surface area contributed by atoms with Gasteiger partial charge in [0.2, 0.25) is 10.0 Å². The molecule has 0 radical (unpaired) electrons. The number of aliphatic imine (C=N–C) groups is 1. The van der Waals surface area contributed by atoms with E-state index in [9.17, 15) is 8.42 Å². The second-order valence-corrected chi connectivity index (χ2v) is 8.60. The van der Waals surface area contributed by atoms with Crippen molar-refractivity contribution >= 4 is 16.0 Å². The van der Waals surface area contributed by atoms with Crippen LogP contribution in [0.25, 0.3) is 0 Å². The van der Waals surface area contributed by atoms with Crippen LogP contribution in [-0.4, -0.2) is 48.3 Å². The van der Waals surface area contributed by atoms with Crippen LogP contribution in [-0.2, 0) is 21.3 Å². The Kier molecular flexibility index (Phi) is 7.67. The maximum Gasteiger partial charge on any atom is 0.240 e. The van der Waals surface area contributed by atoms with Crippen molar-refractivity contribution in [2.45, 2.75) is 23.9 Å². The maximum atomic E-state index is 12.4. The average Bonchev–Trinajstić information content (AvgIpc) is 2.77. The van der Waals surface area contributed by atoms with Gasteiger partial charge < -0.3 is 20.1 Å². The number of guanidine groups is 1. The quantitative estimate of drug-likeness (QED) is 0.334. The van der Waals surface area contributed by atoms with Gasteiger partial charge in [-0.05, 0) is 23.8 Å². The molecule has 0 saturated heterocycles. The van der Waals surface area contributed by atoms with Crippen molar-refractivity contribution in [3.63, 3.8) is 0 Å². The summed E-state index contributed by atoms with van der Waals surface area (Å²) in [6.07, 6.45) is 0.832. The molecule has 1 unspecified atom stereocenters. The van der Waals surface area contributed by atoms with E-state index in [4.69, 9.17) is 9.47 Å². The van der Waals surface area contributed by atoms with Gasteiger partial charge in [-0.25, -0.2) is 13.1 Å². The Bertz CT molecular complexity index is 978. The van der Waals surface area contributed by atoms with E-state index in [1.807, 2.05) is 30.3 Å². The third-order valence-electron chi connectivity index (χ3n) is 4.76. The lowest BCUT2D eigenvalue weighted by molar-refractivity contribution is 0.204.